The van der Waals surface area contributed by atoms with E-state index in [2.05, 4.69) is 24.2 Å². The van der Waals surface area contributed by atoms with E-state index in [1.807, 2.05) is 4.90 Å². The van der Waals surface area contributed by atoms with Crippen molar-refractivity contribution in [1.82, 2.24) is 19.9 Å². The van der Waals surface area contributed by atoms with Gasteiger partial charge in [-0.05, 0) is 25.2 Å². The number of carbonyl (C=O) groups excluding carboxylic acids is 1. The molecule has 1 atom stereocenters. The highest BCUT2D eigenvalue weighted by molar-refractivity contribution is 5.84. The Morgan fingerprint density at radius 2 is 2.14 bits per heavy atom. The van der Waals surface area contributed by atoms with Crippen molar-refractivity contribution in [1.29, 1.82) is 0 Å². The van der Waals surface area contributed by atoms with Gasteiger partial charge in [0.1, 0.15) is 6.54 Å². The molecule has 1 saturated heterocycles. The van der Waals surface area contributed by atoms with E-state index >= 15 is 0 Å². The van der Waals surface area contributed by atoms with Gasteiger partial charge < -0.3 is 10.0 Å². The lowest BCUT2D eigenvalue weighted by Gasteiger charge is -2.31. The van der Waals surface area contributed by atoms with Crippen LogP contribution >= 0.6 is 0 Å². The molecule has 1 aromatic rings. The van der Waals surface area contributed by atoms with E-state index in [0.717, 1.165) is 38.6 Å². The van der Waals surface area contributed by atoms with Crippen molar-refractivity contribution < 1.29 is 14.7 Å². The maximum absolute atomic E-state index is 12.6. The maximum atomic E-state index is 12.6. The van der Waals surface area contributed by atoms with E-state index < -0.39 is 5.97 Å². The largest absolute Gasteiger partial charge is 0.476 e. The van der Waals surface area contributed by atoms with Crippen LogP contribution in [-0.4, -0.2) is 49.5 Å². The van der Waals surface area contributed by atoms with Crippen LogP contribution in [0, 0.1) is 5.92 Å². The molecule has 0 aromatic carbocycles. The number of aromatic carboxylic acids is 1. The number of rotatable bonds is 5. The van der Waals surface area contributed by atoms with Gasteiger partial charge in [0.25, 0.3) is 0 Å². The summed E-state index contributed by atoms with van der Waals surface area (Å²) in [5.74, 6) is -0.594. The molecule has 1 fully saturated rings. The molecule has 0 bridgehead atoms. The summed E-state index contributed by atoms with van der Waals surface area (Å²) in [6, 6.07) is 0.275. The lowest BCUT2D eigenvalue weighted by Crippen LogP contribution is -2.42. The molecule has 22 heavy (non-hydrogen) atoms. The van der Waals surface area contributed by atoms with Crippen LogP contribution < -0.4 is 0 Å². The third kappa shape index (κ3) is 4.29. The first kappa shape index (κ1) is 16.5. The Morgan fingerprint density at radius 1 is 1.36 bits per heavy atom. The Kier molecular flexibility index (Phi) is 5.51. The topological polar surface area (TPSA) is 88.3 Å². The second kappa shape index (κ2) is 7.38. The standard InChI is InChI=1S/C15H24N4O3/c1-11(2)8-12-6-4-3-5-7-19(12)14(20)10-18-9-13(15(21)22)16-17-18/h9,11-12H,3-8,10H2,1-2H3,(H,21,22). The highest BCUT2D eigenvalue weighted by Gasteiger charge is 2.26. The molecule has 1 aliphatic heterocycles. The summed E-state index contributed by atoms with van der Waals surface area (Å²) in [7, 11) is 0. The average molecular weight is 308 g/mol. The molecule has 2 rings (SSSR count). The highest BCUT2D eigenvalue weighted by Crippen LogP contribution is 2.22. The fourth-order valence-corrected chi connectivity index (χ4v) is 3.00. The zero-order chi connectivity index (χ0) is 16.1. The van der Waals surface area contributed by atoms with Gasteiger partial charge in [0.2, 0.25) is 5.91 Å². The predicted molar refractivity (Wildman–Crippen MR) is 80.4 cm³/mol. The van der Waals surface area contributed by atoms with Crippen LogP contribution in [-0.2, 0) is 11.3 Å². The summed E-state index contributed by atoms with van der Waals surface area (Å²) in [5, 5.41) is 16.1. The summed E-state index contributed by atoms with van der Waals surface area (Å²) >= 11 is 0. The SMILES string of the molecule is CC(C)CC1CCCCCN1C(=O)Cn1cc(C(=O)O)nn1. The smallest absolute Gasteiger partial charge is 0.358 e. The fourth-order valence-electron chi connectivity index (χ4n) is 3.00. The van der Waals surface area contributed by atoms with Crippen molar-refractivity contribution in [2.45, 2.75) is 58.5 Å². The van der Waals surface area contributed by atoms with Crippen molar-refractivity contribution in [3.8, 4) is 0 Å². The molecular formula is C15H24N4O3. The number of carboxylic acids is 1. The van der Waals surface area contributed by atoms with Gasteiger partial charge in [-0.25, -0.2) is 9.48 Å². The van der Waals surface area contributed by atoms with Gasteiger partial charge in [-0.2, -0.15) is 0 Å². The van der Waals surface area contributed by atoms with Crippen LogP contribution in [0.15, 0.2) is 6.20 Å². The molecular weight excluding hydrogens is 284 g/mol. The second-order valence-electron chi connectivity index (χ2n) is 6.33. The zero-order valence-corrected chi connectivity index (χ0v) is 13.2. The molecule has 1 unspecified atom stereocenters. The monoisotopic (exact) mass is 308 g/mol. The Morgan fingerprint density at radius 3 is 2.77 bits per heavy atom. The summed E-state index contributed by atoms with van der Waals surface area (Å²) < 4.78 is 1.31. The van der Waals surface area contributed by atoms with Gasteiger partial charge in [0.15, 0.2) is 5.69 Å². The maximum Gasteiger partial charge on any atom is 0.358 e. The first-order chi connectivity index (χ1) is 10.5. The molecule has 7 heteroatoms. The van der Waals surface area contributed by atoms with Crippen LogP contribution in [0.5, 0.6) is 0 Å². The first-order valence-corrected chi connectivity index (χ1v) is 7.90. The van der Waals surface area contributed by atoms with Crippen molar-refractivity contribution >= 4 is 11.9 Å². The molecule has 1 aromatic heterocycles. The molecule has 122 valence electrons. The summed E-state index contributed by atoms with van der Waals surface area (Å²) in [5.41, 5.74) is -0.137. The van der Waals surface area contributed by atoms with Crippen LogP contribution in [0.1, 0.15) is 56.4 Å². The van der Waals surface area contributed by atoms with E-state index in [1.54, 1.807) is 0 Å². The van der Waals surface area contributed by atoms with Crippen LogP contribution in [0.2, 0.25) is 0 Å². The molecule has 0 spiro atoms. The van der Waals surface area contributed by atoms with Crippen molar-refractivity contribution in [2.24, 2.45) is 5.92 Å². The van der Waals surface area contributed by atoms with Crippen molar-refractivity contribution in [3.63, 3.8) is 0 Å². The van der Waals surface area contributed by atoms with E-state index in [4.69, 9.17) is 5.11 Å². The minimum Gasteiger partial charge on any atom is -0.476 e. The van der Waals surface area contributed by atoms with Gasteiger partial charge >= 0.3 is 5.97 Å². The zero-order valence-electron chi connectivity index (χ0n) is 13.2. The quantitative estimate of drug-likeness (QED) is 0.896. The number of nitrogens with zero attached hydrogens (tertiary/aromatic N) is 4. The Bertz CT molecular complexity index is 527. The van der Waals surface area contributed by atoms with E-state index in [0.29, 0.717) is 5.92 Å². The third-order valence-electron chi connectivity index (χ3n) is 4.00. The average Bonchev–Trinajstić information content (AvgIpc) is 2.78. The molecule has 1 amide bonds. The minimum absolute atomic E-state index is 0.00520. The fraction of sp³-hybridized carbons (Fsp3) is 0.733. The summed E-state index contributed by atoms with van der Waals surface area (Å²) in [4.78, 5) is 25.3. The number of hydrogen-bond donors (Lipinski definition) is 1. The highest BCUT2D eigenvalue weighted by atomic mass is 16.4. The van der Waals surface area contributed by atoms with Crippen molar-refractivity contribution in [3.05, 3.63) is 11.9 Å². The number of likely N-dealkylation sites (tertiary alicyclic amines) is 1. The Balaban J connectivity index is 2.05. The van der Waals surface area contributed by atoms with Gasteiger partial charge in [-0.15, -0.1) is 5.10 Å². The number of amides is 1. The lowest BCUT2D eigenvalue weighted by molar-refractivity contribution is -0.134. The van der Waals surface area contributed by atoms with Gasteiger partial charge in [0, 0.05) is 12.6 Å². The lowest BCUT2D eigenvalue weighted by atomic mass is 9.99. The molecule has 1 aliphatic rings. The Hall–Kier alpha value is -1.92. The number of aromatic nitrogens is 3. The van der Waals surface area contributed by atoms with E-state index in [1.165, 1.54) is 10.9 Å². The third-order valence-corrected chi connectivity index (χ3v) is 4.00. The van der Waals surface area contributed by atoms with Gasteiger partial charge in [0.05, 0.1) is 6.20 Å². The minimum atomic E-state index is -1.13. The number of carbonyl (C=O) groups is 2. The van der Waals surface area contributed by atoms with Gasteiger partial charge in [-0.3, -0.25) is 4.79 Å². The predicted octanol–water partition coefficient (Wildman–Crippen LogP) is 1.79. The summed E-state index contributed by atoms with van der Waals surface area (Å²) in [6.07, 6.45) is 6.69. The van der Waals surface area contributed by atoms with Crippen LogP contribution in [0.4, 0.5) is 0 Å². The van der Waals surface area contributed by atoms with Crippen molar-refractivity contribution in [2.75, 3.05) is 6.54 Å². The first-order valence-electron chi connectivity index (χ1n) is 7.90. The molecule has 0 radical (unpaired) electrons. The van der Waals surface area contributed by atoms with Crippen LogP contribution in [0.25, 0.3) is 0 Å². The summed E-state index contributed by atoms with van der Waals surface area (Å²) in [6.45, 7) is 5.17. The number of hydrogen-bond acceptors (Lipinski definition) is 4. The van der Waals surface area contributed by atoms with Gasteiger partial charge in [-0.1, -0.05) is 31.9 Å². The molecule has 1 N–H and O–H groups in total. The number of carboxylic acid groups (broad SMARTS) is 1. The van der Waals surface area contributed by atoms with Crippen LogP contribution in [0.3, 0.4) is 0 Å². The Labute approximate surface area is 130 Å². The van der Waals surface area contributed by atoms with E-state index in [9.17, 15) is 9.59 Å². The second-order valence-corrected chi connectivity index (χ2v) is 6.33. The molecule has 7 nitrogen and oxygen atoms in total. The molecule has 2 heterocycles. The van der Waals surface area contributed by atoms with E-state index in [-0.39, 0.29) is 24.2 Å². The molecule has 0 saturated carbocycles. The normalized spacial score (nSPS) is 19.2. The molecule has 0 aliphatic carbocycles.